The van der Waals surface area contributed by atoms with Crippen molar-refractivity contribution in [3.05, 3.63) is 59.4 Å². The lowest BCUT2D eigenvalue weighted by atomic mass is 9.90. The SMILES string of the molecule is COc1ccc(CN(CC2CCCO2)C(=O)c2cccc(F)c2)cc1OCC1(C)COC1. The molecule has 2 fully saturated rings. The zero-order valence-electron chi connectivity index (χ0n) is 18.6. The van der Waals surface area contributed by atoms with E-state index in [1.54, 1.807) is 24.1 Å². The van der Waals surface area contributed by atoms with E-state index in [4.69, 9.17) is 18.9 Å². The molecule has 0 N–H and O–H groups in total. The van der Waals surface area contributed by atoms with Crippen molar-refractivity contribution in [1.82, 2.24) is 4.90 Å². The lowest BCUT2D eigenvalue weighted by molar-refractivity contribution is -0.120. The zero-order valence-corrected chi connectivity index (χ0v) is 18.6. The van der Waals surface area contributed by atoms with Crippen molar-refractivity contribution < 1.29 is 28.1 Å². The van der Waals surface area contributed by atoms with Gasteiger partial charge >= 0.3 is 0 Å². The minimum Gasteiger partial charge on any atom is -0.493 e. The molecular formula is C25H30FNO5. The van der Waals surface area contributed by atoms with Crippen LogP contribution in [0, 0.1) is 11.2 Å². The number of rotatable bonds is 9. The highest BCUT2D eigenvalue weighted by molar-refractivity contribution is 5.94. The van der Waals surface area contributed by atoms with Crippen LogP contribution in [0.15, 0.2) is 42.5 Å². The molecule has 2 aromatic rings. The second kappa shape index (κ2) is 9.88. The quantitative estimate of drug-likeness (QED) is 0.585. The number of carbonyl (C=O) groups is 1. The molecular weight excluding hydrogens is 413 g/mol. The van der Waals surface area contributed by atoms with Gasteiger partial charge in [0.2, 0.25) is 0 Å². The van der Waals surface area contributed by atoms with Crippen LogP contribution in [0.4, 0.5) is 4.39 Å². The van der Waals surface area contributed by atoms with E-state index in [2.05, 4.69) is 6.92 Å². The molecule has 2 aliphatic rings. The molecule has 0 saturated carbocycles. The summed E-state index contributed by atoms with van der Waals surface area (Å²) in [5, 5.41) is 0. The van der Waals surface area contributed by atoms with E-state index in [1.807, 2.05) is 18.2 Å². The van der Waals surface area contributed by atoms with Crippen molar-refractivity contribution in [2.24, 2.45) is 5.41 Å². The van der Waals surface area contributed by atoms with E-state index in [0.29, 0.717) is 56.6 Å². The van der Waals surface area contributed by atoms with Crippen LogP contribution in [-0.4, -0.2) is 57.0 Å². The Balaban J connectivity index is 1.53. The molecule has 1 amide bonds. The summed E-state index contributed by atoms with van der Waals surface area (Å²) >= 11 is 0. The molecule has 0 aliphatic carbocycles. The standard InChI is InChI=1S/C25H30FNO5/c1-25(15-30-16-25)17-32-23-11-18(8-9-22(23)29-2)13-27(14-21-7-4-10-31-21)24(28)19-5-3-6-20(26)12-19/h3,5-6,8-9,11-12,21H,4,7,10,13-17H2,1-2H3. The van der Waals surface area contributed by atoms with Crippen LogP contribution in [0.25, 0.3) is 0 Å². The third-order valence-electron chi connectivity index (χ3n) is 5.89. The number of methoxy groups -OCH3 is 1. The Morgan fingerprint density at radius 3 is 2.72 bits per heavy atom. The molecule has 2 aliphatic heterocycles. The van der Waals surface area contributed by atoms with E-state index < -0.39 is 5.82 Å². The van der Waals surface area contributed by atoms with Crippen molar-refractivity contribution in [2.75, 3.05) is 40.1 Å². The van der Waals surface area contributed by atoms with E-state index in [9.17, 15) is 9.18 Å². The molecule has 172 valence electrons. The largest absolute Gasteiger partial charge is 0.493 e. The highest BCUT2D eigenvalue weighted by Gasteiger charge is 2.34. The molecule has 4 rings (SSSR count). The first kappa shape index (κ1) is 22.6. The van der Waals surface area contributed by atoms with E-state index >= 15 is 0 Å². The number of benzene rings is 2. The van der Waals surface area contributed by atoms with Crippen molar-refractivity contribution in [1.29, 1.82) is 0 Å². The number of carbonyl (C=O) groups excluding carboxylic acids is 1. The third kappa shape index (κ3) is 5.40. The van der Waals surface area contributed by atoms with Crippen LogP contribution < -0.4 is 9.47 Å². The molecule has 0 spiro atoms. The number of halogens is 1. The maximum Gasteiger partial charge on any atom is 0.254 e. The number of nitrogens with zero attached hydrogens (tertiary/aromatic N) is 1. The smallest absolute Gasteiger partial charge is 0.254 e. The summed E-state index contributed by atoms with van der Waals surface area (Å²) in [4.78, 5) is 15.0. The molecule has 7 heteroatoms. The summed E-state index contributed by atoms with van der Waals surface area (Å²) in [6, 6.07) is 11.5. The summed E-state index contributed by atoms with van der Waals surface area (Å²) in [7, 11) is 1.60. The first-order valence-corrected chi connectivity index (χ1v) is 11.0. The lowest BCUT2D eigenvalue weighted by Gasteiger charge is -2.37. The predicted molar refractivity (Wildman–Crippen MR) is 118 cm³/mol. The van der Waals surface area contributed by atoms with Gasteiger partial charge in [0.05, 0.1) is 33.0 Å². The topological polar surface area (TPSA) is 57.2 Å². The van der Waals surface area contributed by atoms with E-state index in [-0.39, 0.29) is 17.4 Å². The maximum absolute atomic E-state index is 13.7. The number of hydrogen-bond donors (Lipinski definition) is 0. The van der Waals surface area contributed by atoms with Gasteiger partial charge in [-0.15, -0.1) is 0 Å². The van der Waals surface area contributed by atoms with Gasteiger partial charge in [0, 0.05) is 30.7 Å². The van der Waals surface area contributed by atoms with Gasteiger partial charge in [-0.25, -0.2) is 4.39 Å². The molecule has 0 aromatic heterocycles. The minimum atomic E-state index is -0.429. The fourth-order valence-electron chi connectivity index (χ4n) is 4.00. The average Bonchev–Trinajstić information content (AvgIpc) is 3.28. The summed E-state index contributed by atoms with van der Waals surface area (Å²) in [5.74, 6) is 0.618. The number of amides is 1. The molecule has 32 heavy (non-hydrogen) atoms. The van der Waals surface area contributed by atoms with Gasteiger partial charge in [0.1, 0.15) is 5.82 Å². The van der Waals surface area contributed by atoms with Gasteiger partial charge in [0.15, 0.2) is 11.5 Å². The third-order valence-corrected chi connectivity index (χ3v) is 5.89. The summed E-state index contributed by atoms with van der Waals surface area (Å²) in [6.45, 7) is 5.50. The second-order valence-corrected chi connectivity index (χ2v) is 8.91. The predicted octanol–water partition coefficient (Wildman–Crippen LogP) is 4.07. The van der Waals surface area contributed by atoms with Gasteiger partial charge in [-0.2, -0.15) is 0 Å². The monoisotopic (exact) mass is 443 g/mol. The number of ether oxygens (including phenoxy) is 4. The summed E-state index contributed by atoms with van der Waals surface area (Å²) in [6.07, 6.45) is 1.88. The van der Waals surface area contributed by atoms with Crippen LogP contribution in [0.5, 0.6) is 11.5 Å². The van der Waals surface area contributed by atoms with Gasteiger partial charge in [-0.05, 0) is 48.7 Å². The average molecular weight is 444 g/mol. The fourth-order valence-corrected chi connectivity index (χ4v) is 4.00. The Hall–Kier alpha value is -2.64. The van der Waals surface area contributed by atoms with Crippen LogP contribution >= 0.6 is 0 Å². The molecule has 1 atom stereocenters. The Kier molecular flexibility index (Phi) is 6.96. The number of hydrogen-bond acceptors (Lipinski definition) is 5. The molecule has 2 aromatic carbocycles. The molecule has 2 saturated heterocycles. The van der Waals surface area contributed by atoms with Gasteiger partial charge in [-0.1, -0.05) is 19.1 Å². The Morgan fingerprint density at radius 2 is 2.06 bits per heavy atom. The van der Waals surface area contributed by atoms with Gasteiger partial charge < -0.3 is 23.8 Å². The first-order valence-electron chi connectivity index (χ1n) is 11.0. The molecule has 0 bridgehead atoms. The summed E-state index contributed by atoms with van der Waals surface area (Å²) in [5.41, 5.74) is 1.23. The molecule has 2 heterocycles. The highest BCUT2D eigenvalue weighted by atomic mass is 19.1. The fraction of sp³-hybridized carbons (Fsp3) is 0.480. The van der Waals surface area contributed by atoms with E-state index in [1.165, 1.54) is 12.1 Å². The van der Waals surface area contributed by atoms with Crippen molar-refractivity contribution in [2.45, 2.75) is 32.4 Å². The van der Waals surface area contributed by atoms with Crippen molar-refractivity contribution in [3.8, 4) is 11.5 Å². The second-order valence-electron chi connectivity index (χ2n) is 8.91. The molecule has 1 unspecified atom stereocenters. The minimum absolute atomic E-state index is 0.000210. The normalized spacial score (nSPS) is 19.3. The van der Waals surface area contributed by atoms with Gasteiger partial charge in [-0.3, -0.25) is 4.79 Å². The van der Waals surface area contributed by atoms with Crippen LogP contribution in [0.2, 0.25) is 0 Å². The Labute approximate surface area is 188 Å². The molecule has 6 nitrogen and oxygen atoms in total. The highest BCUT2D eigenvalue weighted by Crippen LogP contribution is 2.33. The maximum atomic E-state index is 13.7. The Morgan fingerprint density at radius 1 is 1.22 bits per heavy atom. The van der Waals surface area contributed by atoms with Gasteiger partial charge in [0.25, 0.3) is 5.91 Å². The van der Waals surface area contributed by atoms with Crippen LogP contribution in [0.3, 0.4) is 0 Å². The van der Waals surface area contributed by atoms with E-state index in [0.717, 1.165) is 18.4 Å². The van der Waals surface area contributed by atoms with Crippen LogP contribution in [-0.2, 0) is 16.0 Å². The van der Waals surface area contributed by atoms with Crippen molar-refractivity contribution in [3.63, 3.8) is 0 Å². The Bertz CT molecular complexity index is 940. The lowest BCUT2D eigenvalue weighted by Crippen LogP contribution is -2.44. The first-order chi connectivity index (χ1) is 15.5. The summed E-state index contributed by atoms with van der Waals surface area (Å²) < 4.78 is 36.3. The van der Waals surface area contributed by atoms with Crippen LogP contribution in [0.1, 0.15) is 35.7 Å². The molecule has 0 radical (unpaired) electrons. The van der Waals surface area contributed by atoms with Crippen molar-refractivity contribution >= 4 is 5.91 Å². The zero-order chi connectivity index (χ0) is 22.6.